The molecule has 0 aliphatic carbocycles. The van der Waals surface area contributed by atoms with Crippen LogP contribution in [-0.2, 0) is 6.42 Å². The number of thioether (sulfide) groups is 1. The average molecular weight is 296 g/mol. The Labute approximate surface area is 130 Å². The standard InChI is InChI=1S/C18H20N2S/c1-13-8-9-16(10-14(13)2)19-18-20-17(12-21-18)11-15-6-4-3-5-7-15/h3-10,17H,11-12H2,1-2H3,(H,19,20). The van der Waals surface area contributed by atoms with Gasteiger partial charge in [-0.3, -0.25) is 4.99 Å². The number of hydrogen-bond acceptors (Lipinski definition) is 3. The molecule has 1 atom stereocenters. The van der Waals surface area contributed by atoms with E-state index in [0.29, 0.717) is 6.04 Å². The molecule has 1 N–H and O–H groups in total. The molecule has 2 aromatic rings. The molecule has 21 heavy (non-hydrogen) atoms. The zero-order valence-corrected chi connectivity index (χ0v) is 13.3. The molecule has 0 aromatic heterocycles. The SMILES string of the molecule is Cc1ccc(NC2=NC(Cc3ccccc3)CS2)cc1C. The molecule has 2 aromatic carbocycles. The minimum atomic E-state index is 0.381. The van der Waals surface area contributed by atoms with Crippen molar-refractivity contribution in [3.8, 4) is 0 Å². The van der Waals surface area contributed by atoms with E-state index >= 15 is 0 Å². The van der Waals surface area contributed by atoms with Gasteiger partial charge < -0.3 is 5.32 Å². The summed E-state index contributed by atoms with van der Waals surface area (Å²) in [5.74, 6) is 1.06. The van der Waals surface area contributed by atoms with E-state index in [4.69, 9.17) is 4.99 Å². The lowest BCUT2D eigenvalue weighted by atomic mass is 10.1. The smallest absolute Gasteiger partial charge is 0.161 e. The van der Waals surface area contributed by atoms with E-state index < -0.39 is 0 Å². The quantitative estimate of drug-likeness (QED) is 0.906. The fourth-order valence-corrected chi connectivity index (χ4v) is 3.37. The molecular formula is C18H20N2S. The maximum absolute atomic E-state index is 4.80. The van der Waals surface area contributed by atoms with Crippen molar-refractivity contribution in [2.45, 2.75) is 26.3 Å². The van der Waals surface area contributed by atoms with Crippen LogP contribution in [0, 0.1) is 13.8 Å². The molecule has 0 saturated carbocycles. The summed E-state index contributed by atoms with van der Waals surface area (Å²) in [5.41, 5.74) is 5.12. The van der Waals surface area contributed by atoms with Crippen LogP contribution in [-0.4, -0.2) is 17.0 Å². The van der Waals surface area contributed by atoms with E-state index in [2.05, 4.69) is 67.7 Å². The largest absolute Gasteiger partial charge is 0.335 e. The lowest BCUT2D eigenvalue weighted by molar-refractivity contribution is 0.762. The molecule has 1 aliphatic rings. The number of amidine groups is 1. The van der Waals surface area contributed by atoms with E-state index in [0.717, 1.165) is 23.0 Å². The van der Waals surface area contributed by atoms with E-state index in [1.165, 1.54) is 16.7 Å². The summed E-state index contributed by atoms with van der Waals surface area (Å²) < 4.78 is 0. The predicted octanol–water partition coefficient (Wildman–Crippen LogP) is 4.43. The van der Waals surface area contributed by atoms with E-state index in [-0.39, 0.29) is 0 Å². The van der Waals surface area contributed by atoms with Gasteiger partial charge in [0.15, 0.2) is 5.17 Å². The number of nitrogens with zero attached hydrogens (tertiary/aromatic N) is 1. The van der Waals surface area contributed by atoms with Gasteiger partial charge in [-0.15, -0.1) is 0 Å². The third-order valence-corrected chi connectivity index (χ3v) is 4.82. The number of aryl methyl sites for hydroxylation is 2. The van der Waals surface area contributed by atoms with Crippen LogP contribution in [0.4, 0.5) is 5.69 Å². The van der Waals surface area contributed by atoms with E-state index in [1.54, 1.807) is 0 Å². The second kappa shape index (κ2) is 6.35. The molecule has 0 radical (unpaired) electrons. The van der Waals surface area contributed by atoms with Gasteiger partial charge in [-0.2, -0.15) is 0 Å². The summed E-state index contributed by atoms with van der Waals surface area (Å²) in [7, 11) is 0. The van der Waals surface area contributed by atoms with E-state index in [9.17, 15) is 0 Å². The van der Waals surface area contributed by atoms with Crippen LogP contribution >= 0.6 is 11.8 Å². The molecule has 0 spiro atoms. The van der Waals surface area contributed by atoms with Crippen LogP contribution in [0.2, 0.25) is 0 Å². The van der Waals surface area contributed by atoms with Crippen LogP contribution in [0.15, 0.2) is 53.5 Å². The molecule has 3 rings (SSSR count). The van der Waals surface area contributed by atoms with Crippen molar-refractivity contribution in [2.24, 2.45) is 4.99 Å². The first kappa shape index (κ1) is 14.2. The maximum atomic E-state index is 4.80. The summed E-state index contributed by atoms with van der Waals surface area (Å²) in [6.07, 6.45) is 1.02. The number of hydrogen-bond donors (Lipinski definition) is 1. The summed E-state index contributed by atoms with van der Waals surface area (Å²) >= 11 is 1.81. The Kier molecular flexibility index (Phi) is 4.30. The van der Waals surface area contributed by atoms with Gasteiger partial charge in [0, 0.05) is 11.4 Å². The monoisotopic (exact) mass is 296 g/mol. The summed E-state index contributed by atoms with van der Waals surface area (Å²) in [4.78, 5) is 4.80. The van der Waals surface area contributed by atoms with Gasteiger partial charge in [-0.05, 0) is 49.1 Å². The zero-order chi connectivity index (χ0) is 14.7. The fourth-order valence-electron chi connectivity index (χ4n) is 2.42. The van der Waals surface area contributed by atoms with Gasteiger partial charge in [0.1, 0.15) is 0 Å². The van der Waals surface area contributed by atoms with Crippen molar-refractivity contribution in [3.05, 3.63) is 65.2 Å². The molecule has 108 valence electrons. The lowest BCUT2D eigenvalue weighted by Gasteiger charge is -2.07. The van der Waals surface area contributed by atoms with Crippen molar-refractivity contribution < 1.29 is 0 Å². The van der Waals surface area contributed by atoms with Crippen LogP contribution in [0.1, 0.15) is 16.7 Å². The highest BCUT2D eigenvalue weighted by atomic mass is 32.2. The molecule has 0 amide bonds. The molecule has 0 fully saturated rings. The predicted molar refractivity (Wildman–Crippen MR) is 93.4 cm³/mol. The molecule has 1 unspecified atom stereocenters. The second-order valence-electron chi connectivity index (χ2n) is 5.51. The number of anilines is 1. The molecule has 0 saturated heterocycles. The molecular weight excluding hydrogens is 276 g/mol. The molecule has 1 heterocycles. The number of nitrogens with one attached hydrogen (secondary N) is 1. The fraction of sp³-hybridized carbons (Fsp3) is 0.278. The molecule has 3 heteroatoms. The highest BCUT2D eigenvalue weighted by Crippen LogP contribution is 2.23. The van der Waals surface area contributed by atoms with Gasteiger partial charge in [-0.25, -0.2) is 0 Å². The van der Waals surface area contributed by atoms with E-state index in [1.807, 2.05) is 11.8 Å². The first-order valence-electron chi connectivity index (χ1n) is 7.29. The van der Waals surface area contributed by atoms with Gasteiger partial charge in [-0.1, -0.05) is 48.2 Å². The number of benzene rings is 2. The van der Waals surface area contributed by atoms with Crippen LogP contribution in [0.3, 0.4) is 0 Å². The maximum Gasteiger partial charge on any atom is 0.161 e. The van der Waals surface area contributed by atoms with Gasteiger partial charge in [0.25, 0.3) is 0 Å². The van der Waals surface area contributed by atoms with Crippen molar-refractivity contribution in [1.29, 1.82) is 0 Å². The summed E-state index contributed by atoms with van der Waals surface area (Å²) in [6.45, 7) is 4.28. The normalized spacial score (nSPS) is 17.6. The highest BCUT2D eigenvalue weighted by Gasteiger charge is 2.18. The zero-order valence-electron chi connectivity index (χ0n) is 12.5. The third kappa shape index (κ3) is 3.67. The Morgan fingerprint density at radius 2 is 1.90 bits per heavy atom. The van der Waals surface area contributed by atoms with Crippen LogP contribution < -0.4 is 5.32 Å². The minimum Gasteiger partial charge on any atom is -0.335 e. The first-order chi connectivity index (χ1) is 10.2. The van der Waals surface area contributed by atoms with Gasteiger partial charge in [0.05, 0.1) is 6.04 Å². The summed E-state index contributed by atoms with van der Waals surface area (Å²) in [6, 6.07) is 17.4. The Hall–Kier alpha value is -1.74. The molecule has 0 bridgehead atoms. The molecule has 1 aliphatic heterocycles. The Morgan fingerprint density at radius 1 is 1.10 bits per heavy atom. The lowest BCUT2D eigenvalue weighted by Crippen LogP contribution is -2.08. The topological polar surface area (TPSA) is 24.4 Å². The second-order valence-corrected chi connectivity index (χ2v) is 6.52. The summed E-state index contributed by atoms with van der Waals surface area (Å²) in [5, 5.41) is 4.48. The molecule has 2 nitrogen and oxygen atoms in total. The Balaban J connectivity index is 1.64. The number of rotatable bonds is 3. The first-order valence-corrected chi connectivity index (χ1v) is 8.28. The average Bonchev–Trinajstić information content (AvgIpc) is 2.91. The van der Waals surface area contributed by atoms with Crippen LogP contribution in [0.5, 0.6) is 0 Å². The minimum absolute atomic E-state index is 0.381. The Morgan fingerprint density at radius 3 is 2.67 bits per heavy atom. The van der Waals surface area contributed by atoms with Crippen molar-refractivity contribution in [2.75, 3.05) is 11.1 Å². The van der Waals surface area contributed by atoms with Crippen molar-refractivity contribution in [1.82, 2.24) is 0 Å². The number of aliphatic imine (C=N–C) groups is 1. The highest BCUT2D eigenvalue weighted by molar-refractivity contribution is 8.14. The third-order valence-electron chi connectivity index (χ3n) is 3.78. The van der Waals surface area contributed by atoms with Crippen LogP contribution in [0.25, 0.3) is 0 Å². The van der Waals surface area contributed by atoms with Crippen molar-refractivity contribution in [3.63, 3.8) is 0 Å². The van der Waals surface area contributed by atoms with Crippen molar-refractivity contribution >= 4 is 22.6 Å². The van der Waals surface area contributed by atoms with Gasteiger partial charge in [0.2, 0.25) is 0 Å². The Bertz CT molecular complexity index is 650. The van der Waals surface area contributed by atoms with Gasteiger partial charge >= 0.3 is 0 Å².